The molecule has 5 nitrogen and oxygen atoms in total. The van der Waals surface area contributed by atoms with Crippen LogP contribution >= 0.6 is 0 Å². The predicted molar refractivity (Wildman–Crippen MR) is 85.8 cm³/mol. The number of nitrogens with zero attached hydrogens (tertiary/aromatic N) is 2. The first-order valence-electron chi connectivity index (χ1n) is 7.14. The van der Waals surface area contributed by atoms with Gasteiger partial charge in [0.2, 0.25) is 0 Å². The smallest absolute Gasteiger partial charge is 0.268 e. The van der Waals surface area contributed by atoms with Gasteiger partial charge in [0.25, 0.3) is 6.33 Å². The van der Waals surface area contributed by atoms with Gasteiger partial charge in [0.05, 0.1) is 27.0 Å². The number of methoxy groups -OCH3 is 3. The summed E-state index contributed by atoms with van der Waals surface area (Å²) in [5.74, 6) is 2.30. The molecule has 0 saturated heterocycles. The Morgan fingerprint density at radius 3 is 2.22 bits per heavy atom. The highest BCUT2D eigenvalue weighted by atomic mass is 16.5. The fraction of sp³-hybridized carbons (Fsp3) is 0.167. The zero-order chi connectivity index (χ0) is 16.2. The van der Waals surface area contributed by atoms with E-state index in [-0.39, 0.29) is 0 Å². The van der Waals surface area contributed by atoms with Crippen LogP contribution in [-0.4, -0.2) is 25.9 Å². The highest BCUT2D eigenvalue weighted by Gasteiger charge is 2.09. The first-order chi connectivity index (χ1) is 11.2. The van der Waals surface area contributed by atoms with E-state index in [0.717, 1.165) is 28.6 Å². The van der Waals surface area contributed by atoms with Crippen molar-refractivity contribution in [3.05, 3.63) is 61.2 Å². The molecule has 0 N–H and O–H groups in total. The summed E-state index contributed by atoms with van der Waals surface area (Å²) in [5.41, 5.74) is 1.89. The third kappa shape index (κ3) is 2.99. The molecule has 2 aromatic carbocycles. The number of imidazole rings is 1. The number of hydrogen-bond acceptors (Lipinski definition) is 3. The largest absolute Gasteiger partial charge is 0.500 e. The van der Waals surface area contributed by atoms with Crippen LogP contribution < -0.4 is 18.8 Å². The number of aromatic nitrogens is 2. The second-order valence-corrected chi connectivity index (χ2v) is 4.87. The van der Waals surface area contributed by atoms with Crippen LogP contribution in [0.1, 0.15) is 0 Å². The van der Waals surface area contributed by atoms with Crippen molar-refractivity contribution in [3.63, 3.8) is 0 Å². The van der Waals surface area contributed by atoms with E-state index in [1.807, 2.05) is 64.0 Å². The molecule has 0 aliphatic carbocycles. The number of hydrogen-bond donors (Lipinski definition) is 0. The zero-order valence-corrected chi connectivity index (χ0v) is 13.3. The lowest BCUT2D eigenvalue weighted by Crippen LogP contribution is -2.27. The standard InChI is InChI=1S/C18H18N2O3/c1-21-15-6-4-14(5-7-15)19-10-11-20(13-19)17-9-8-16(22-2)12-18(17)23-3/h4-12H,1-3H3. The Bertz CT molecular complexity index is 794. The van der Waals surface area contributed by atoms with Crippen LogP contribution in [0.25, 0.3) is 11.4 Å². The summed E-state index contributed by atoms with van der Waals surface area (Å²) in [6.45, 7) is 0. The molecule has 0 bridgehead atoms. The van der Waals surface area contributed by atoms with Crippen molar-refractivity contribution in [1.82, 2.24) is 4.57 Å². The second kappa shape index (κ2) is 6.44. The normalized spacial score (nSPS) is 10.4. The van der Waals surface area contributed by atoms with Gasteiger partial charge < -0.3 is 14.2 Å². The lowest BCUT2D eigenvalue weighted by molar-refractivity contribution is -0.599. The molecule has 0 amide bonds. The van der Waals surface area contributed by atoms with Crippen LogP contribution in [0, 0.1) is 6.33 Å². The topological polar surface area (TPSA) is 36.5 Å². The van der Waals surface area contributed by atoms with Gasteiger partial charge in [-0.1, -0.05) is 0 Å². The van der Waals surface area contributed by atoms with E-state index >= 15 is 0 Å². The predicted octanol–water partition coefficient (Wildman–Crippen LogP) is 2.58. The van der Waals surface area contributed by atoms with E-state index in [0.29, 0.717) is 0 Å². The number of benzene rings is 2. The molecule has 0 atom stereocenters. The Morgan fingerprint density at radius 2 is 1.57 bits per heavy atom. The maximum atomic E-state index is 5.44. The van der Waals surface area contributed by atoms with Crippen LogP contribution in [-0.2, 0) is 0 Å². The third-order valence-corrected chi connectivity index (χ3v) is 3.58. The lowest BCUT2D eigenvalue weighted by Gasteiger charge is -2.10. The zero-order valence-electron chi connectivity index (χ0n) is 13.3. The minimum atomic E-state index is 0.720. The van der Waals surface area contributed by atoms with Gasteiger partial charge in [-0.15, -0.1) is 0 Å². The van der Waals surface area contributed by atoms with Crippen LogP contribution in [0.2, 0.25) is 0 Å². The molecule has 0 aliphatic heterocycles. The van der Waals surface area contributed by atoms with Gasteiger partial charge in [-0.25, -0.2) is 0 Å². The van der Waals surface area contributed by atoms with E-state index in [9.17, 15) is 0 Å². The molecule has 0 fully saturated rings. The van der Waals surface area contributed by atoms with Gasteiger partial charge >= 0.3 is 0 Å². The Hall–Kier alpha value is -2.95. The Balaban J connectivity index is 1.95. The van der Waals surface area contributed by atoms with Gasteiger partial charge in [-0.2, -0.15) is 0 Å². The van der Waals surface area contributed by atoms with Crippen LogP contribution in [0.5, 0.6) is 17.2 Å². The Kier molecular flexibility index (Phi) is 4.19. The van der Waals surface area contributed by atoms with E-state index in [1.54, 1.807) is 21.3 Å². The summed E-state index contributed by atoms with van der Waals surface area (Å²) in [7, 11) is 4.92. The van der Waals surface area contributed by atoms with Crippen LogP contribution in [0.3, 0.4) is 0 Å². The minimum Gasteiger partial charge on any atom is -0.500 e. The molecule has 0 unspecified atom stereocenters. The van der Waals surface area contributed by atoms with Gasteiger partial charge in [-0.05, 0) is 36.4 Å². The molecule has 23 heavy (non-hydrogen) atoms. The maximum absolute atomic E-state index is 5.44. The Morgan fingerprint density at radius 1 is 0.870 bits per heavy atom. The minimum absolute atomic E-state index is 0.720. The maximum Gasteiger partial charge on any atom is 0.268 e. The van der Waals surface area contributed by atoms with Crippen molar-refractivity contribution in [2.75, 3.05) is 21.3 Å². The molecular weight excluding hydrogens is 292 g/mol. The number of rotatable bonds is 5. The highest BCUT2D eigenvalue weighted by Crippen LogP contribution is 2.27. The highest BCUT2D eigenvalue weighted by molar-refractivity contribution is 5.50. The fourth-order valence-corrected chi connectivity index (χ4v) is 2.32. The average Bonchev–Trinajstić information content (AvgIpc) is 3.11. The summed E-state index contributed by atoms with van der Waals surface area (Å²) in [6.07, 6.45) is 7.13. The van der Waals surface area contributed by atoms with E-state index in [2.05, 4.69) is 6.33 Å². The van der Waals surface area contributed by atoms with Crippen LogP contribution in [0.15, 0.2) is 54.9 Å². The van der Waals surface area contributed by atoms with Crippen molar-refractivity contribution in [2.45, 2.75) is 0 Å². The van der Waals surface area contributed by atoms with Crippen molar-refractivity contribution in [3.8, 4) is 28.6 Å². The molecule has 5 heteroatoms. The SMILES string of the molecule is COc1ccc(-[n+]2[c-]n(-c3ccc(OC)cc3OC)cc2)cc1. The summed E-state index contributed by atoms with van der Waals surface area (Å²) < 4.78 is 19.6. The van der Waals surface area contributed by atoms with E-state index in [4.69, 9.17) is 14.2 Å². The first kappa shape index (κ1) is 15.0. The number of ether oxygens (including phenoxy) is 3. The molecule has 0 saturated carbocycles. The quantitative estimate of drug-likeness (QED) is 0.537. The molecular formula is C18H18N2O3. The van der Waals surface area contributed by atoms with Gasteiger partial charge in [0, 0.05) is 18.5 Å². The fourth-order valence-electron chi connectivity index (χ4n) is 2.32. The van der Waals surface area contributed by atoms with Gasteiger partial charge in [-0.3, -0.25) is 9.13 Å². The molecule has 3 rings (SSSR count). The second-order valence-electron chi connectivity index (χ2n) is 4.87. The molecule has 0 spiro atoms. The average molecular weight is 310 g/mol. The van der Waals surface area contributed by atoms with Crippen molar-refractivity contribution < 1.29 is 18.8 Å². The van der Waals surface area contributed by atoms with Crippen molar-refractivity contribution in [2.24, 2.45) is 0 Å². The van der Waals surface area contributed by atoms with Crippen molar-refractivity contribution in [1.29, 1.82) is 0 Å². The summed E-state index contributed by atoms with van der Waals surface area (Å²) >= 11 is 0. The third-order valence-electron chi connectivity index (χ3n) is 3.58. The first-order valence-corrected chi connectivity index (χ1v) is 7.14. The van der Waals surface area contributed by atoms with E-state index < -0.39 is 0 Å². The summed E-state index contributed by atoms with van der Waals surface area (Å²) in [5, 5.41) is 0. The molecule has 118 valence electrons. The molecule has 0 radical (unpaired) electrons. The molecule has 3 aromatic rings. The Labute approximate surface area is 135 Å². The molecule has 0 aliphatic rings. The van der Waals surface area contributed by atoms with Crippen molar-refractivity contribution >= 4 is 0 Å². The lowest BCUT2D eigenvalue weighted by atomic mass is 10.2. The monoisotopic (exact) mass is 310 g/mol. The summed E-state index contributed by atoms with van der Waals surface area (Å²) in [6, 6.07) is 13.5. The summed E-state index contributed by atoms with van der Waals surface area (Å²) in [4.78, 5) is 0. The van der Waals surface area contributed by atoms with Crippen LogP contribution in [0.4, 0.5) is 0 Å². The van der Waals surface area contributed by atoms with Gasteiger partial charge in [0.15, 0.2) is 0 Å². The molecule has 1 heterocycles. The molecule has 1 aromatic heterocycles. The van der Waals surface area contributed by atoms with E-state index in [1.165, 1.54) is 0 Å². The van der Waals surface area contributed by atoms with Gasteiger partial charge in [0.1, 0.15) is 22.9 Å².